The number of thiol groups is 1. The Kier molecular flexibility index (Phi) is 8.05. The van der Waals surface area contributed by atoms with E-state index in [1.54, 1.807) is 0 Å². The molecule has 1 aliphatic heterocycles. The first kappa shape index (κ1) is 19.8. The Hall–Kier alpha value is 0.730. The monoisotopic (exact) mass is 354 g/mol. The summed E-state index contributed by atoms with van der Waals surface area (Å²) in [5, 5.41) is 0. The Labute approximate surface area is 142 Å². The van der Waals surface area contributed by atoms with E-state index in [4.69, 9.17) is 0 Å². The molecule has 0 bridgehead atoms. The largest absolute Gasteiger partial charge is 0.306 e. The Balaban J connectivity index is 2.61. The van der Waals surface area contributed by atoms with E-state index >= 15 is 0 Å². The molecule has 1 N–H and O–H groups in total. The van der Waals surface area contributed by atoms with Gasteiger partial charge in [-0.2, -0.15) is 24.4 Å². The van der Waals surface area contributed by atoms with Gasteiger partial charge >= 0.3 is 0 Å². The Morgan fingerprint density at radius 3 is 1.95 bits per heavy atom. The molecule has 1 heterocycles. The van der Waals surface area contributed by atoms with Crippen LogP contribution in [0.15, 0.2) is 0 Å². The second-order valence-corrected chi connectivity index (χ2v) is 11.0. The van der Waals surface area contributed by atoms with E-state index < -0.39 is 15.8 Å². The predicted octanol–water partition coefficient (Wildman–Crippen LogP) is 2.05. The fourth-order valence-corrected chi connectivity index (χ4v) is 3.92. The fraction of sp³-hybridized carbons (Fsp3) is 1.00. The number of nitrogens with zero attached hydrogens (tertiary/aromatic N) is 2. The first-order valence-corrected chi connectivity index (χ1v) is 10.2. The summed E-state index contributed by atoms with van der Waals surface area (Å²) < 4.78 is 20.3. The van der Waals surface area contributed by atoms with Crippen LogP contribution in [-0.2, 0) is 11.1 Å². The van der Waals surface area contributed by atoms with Crippen LogP contribution in [0.25, 0.3) is 0 Å². The van der Waals surface area contributed by atoms with Gasteiger partial charge in [-0.25, -0.2) is 4.21 Å². The van der Waals surface area contributed by atoms with Crippen LogP contribution in [0.3, 0.4) is 0 Å². The lowest BCUT2D eigenvalue weighted by atomic mass is 10.1. The van der Waals surface area contributed by atoms with Crippen LogP contribution in [0.2, 0.25) is 0 Å². The van der Waals surface area contributed by atoms with Crippen LogP contribution in [-0.4, -0.2) is 78.8 Å². The van der Waals surface area contributed by atoms with Gasteiger partial charge in [0, 0.05) is 55.5 Å². The Bertz CT molecular complexity index is 346. The molecule has 126 valence electrons. The van der Waals surface area contributed by atoms with E-state index in [-0.39, 0.29) is 4.75 Å². The number of thioether (sulfide) groups is 1. The van der Waals surface area contributed by atoms with Crippen LogP contribution in [0.1, 0.15) is 27.7 Å². The highest BCUT2D eigenvalue weighted by atomic mass is 32.2. The van der Waals surface area contributed by atoms with Gasteiger partial charge in [0.1, 0.15) is 0 Å². The summed E-state index contributed by atoms with van der Waals surface area (Å²) in [6.07, 6.45) is 0. The molecule has 1 fully saturated rings. The van der Waals surface area contributed by atoms with Gasteiger partial charge in [0.25, 0.3) is 0 Å². The average molecular weight is 355 g/mol. The first-order valence-electron chi connectivity index (χ1n) is 7.46. The van der Waals surface area contributed by atoms with Crippen LogP contribution >= 0.6 is 24.4 Å². The third kappa shape index (κ3) is 8.23. The highest BCUT2D eigenvalue weighted by Gasteiger charge is 2.28. The smallest absolute Gasteiger partial charge is 0.159 e. The van der Waals surface area contributed by atoms with Crippen molar-refractivity contribution in [1.29, 1.82) is 0 Å². The van der Waals surface area contributed by atoms with Gasteiger partial charge in [0.2, 0.25) is 0 Å². The summed E-state index contributed by atoms with van der Waals surface area (Å²) in [7, 11) is 0. The summed E-state index contributed by atoms with van der Waals surface area (Å²) >= 11 is 4.81. The van der Waals surface area contributed by atoms with Gasteiger partial charge in [-0.05, 0) is 27.7 Å². The van der Waals surface area contributed by atoms with Crippen LogP contribution in [0.4, 0.5) is 0 Å². The highest BCUT2D eigenvalue weighted by Crippen LogP contribution is 2.17. The molecule has 0 aromatic heterocycles. The molecule has 0 aliphatic carbocycles. The van der Waals surface area contributed by atoms with Crippen molar-refractivity contribution in [3.05, 3.63) is 0 Å². The van der Waals surface area contributed by atoms with Crippen molar-refractivity contribution < 1.29 is 8.76 Å². The maximum absolute atomic E-state index is 11.4. The third-order valence-electron chi connectivity index (χ3n) is 3.52. The minimum atomic E-state index is -1.79. The lowest BCUT2D eigenvalue weighted by Crippen LogP contribution is -2.46. The molecule has 1 rings (SSSR count). The van der Waals surface area contributed by atoms with E-state index in [0.717, 1.165) is 44.2 Å². The van der Waals surface area contributed by atoms with Gasteiger partial charge in [-0.3, -0.25) is 9.80 Å². The molecular weight excluding hydrogens is 324 g/mol. The first-order chi connectivity index (χ1) is 9.60. The number of hydrogen-bond acceptors (Lipinski definition) is 5. The number of hydrogen-bond donors (Lipinski definition) is 2. The second kappa shape index (κ2) is 8.55. The van der Waals surface area contributed by atoms with Gasteiger partial charge in [0.05, 0.1) is 4.75 Å². The SMILES string of the molecule is CC(C)(S)CN1CCSCCN(CC(C)(C)S(=O)O)CC1. The summed E-state index contributed by atoms with van der Waals surface area (Å²) in [5.74, 6) is 2.24. The second-order valence-electron chi connectivity index (χ2n) is 6.99. The maximum atomic E-state index is 11.4. The molecule has 0 aromatic rings. The Morgan fingerprint density at radius 1 is 1.05 bits per heavy atom. The molecule has 1 atom stereocenters. The van der Waals surface area contributed by atoms with Gasteiger partial charge < -0.3 is 4.55 Å². The van der Waals surface area contributed by atoms with Crippen LogP contribution in [0, 0.1) is 0 Å². The minimum absolute atomic E-state index is 0.00934. The fourth-order valence-electron chi connectivity index (χ4n) is 2.45. The molecule has 21 heavy (non-hydrogen) atoms. The van der Waals surface area contributed by atoms with E-state index in [2.05, 4.69) is 36.3 Å². The van der Waals surface area contributed by atoms with Gasteiger partial charge in [-0.1, -0.05) is 0 Å². The quantitative estimate of drug-likeness (QED) is 0.584. The lowest BCUT2D eigenvalue weighted by Gasteiger charge is -2.33. The van der Waals surface area contributed by atoms with Crippen molar-refractivity contribution in [2.24, 2.45) is 0 Å². The van der Waals surface area contributed by atoms with Crippen LogP contribution in [0.5, 0.6) is 0 Å². The number of rotatable bonds is 5. The molecule has 1 saturated heterocycles. The summed E-state index contributed by atoms with van der Waals surface area (Å²) in [4.78, 5) is 4.78. The standard InChI is InChI=1S/C14H30N2O2S3/c1-13(2,19)11-15-5-6-16(8-10-20-9-7-15)12-14(3,4)21(17)18/h19H,5-12H2,1-4H3,(H,17,18). The molecule has 1 aliphatic rings. The zero-order valence-corrected chi connectivity index (χ0v) is 16.2. The zero-order chi connectivity index (χ0) is 16.1. The summed E-state index contributed by atoms with van der Waals surface area (Å²) in [6, 6.07) is 0. The van der Waals surface area contributed by atoms with E-state index in [9.17, 15) is 8.76 Å². The van der Waals surface area contributed by atoms with Crippen LogP contribution < -0.4 is 0 Å². The van der Waals surface area contributed by atoms with Gasteiger partial charge in [-0.15, -0.1) is 0 Å². The van der Waals surface area contributed by atoms with Crippen molar-refractivity contribution in [2.45, 2.75) is 37.2 Å². The van der Waals surface area contributed by atoms with Gasteiger partial charge in [0.15, 0.2) is 11.1 Å². The molecular formula is C14H30N2O2S3. The van der Waals surface area contributed by atoms with Crippen molar-refractivity contribution in [1.82, 2.24) is 9.80 Å². The molecule has 0 radical (unpaired) electrons. The van der Waals surface area contributed by atoms with Crippen molar-refractivity contribution in [2.75, 3.05) is 50.8 Å². The highest BCUT2D eigenvalue weighted by molar-refractivity contribution is 7.99. The summed E-state index contributed by atoms with van der Waals surface area (Å²) in [5.41, 5.74) is 0. The molecule has 0 spiro atoms. The average Bonchev–Trinajstić information content (AvgIpc) is 2.40. The Morgan fingerprint density at radius 2 is 1.52 bits per heavy atom. The zero-order valence-electron chi connectivity index (χ0n) is 13.7. The molecule has 0 saturated carbocycles. The third-order valence-corrected chi connectivity index (χ3v) is 5.68. The van der Waals surface area contributed by atoms with Crippen molar-refractivity contribution in [3.8, 4) is 0 Å². The normalized spacial score (nSPS) is 22.4. The molecule has 7 heteroatoms. The maximum Gasteiger partial charge on any atom is 0.159 e. The van der Waals surface area contributed by atoms with E-state index in [1.165, 1.54) is 0 Å². The van der Waals surface area contributed by atoms with Crippen molar-refractivity contribution in [3.63, 3.8) is 0 Å². The predicted molar refractivity (Wildman–Crippen MR) is 98.1 cm³/mol. The molecule has 0 amide bonds. The van der Waals surface area contributed by atoms with Crippen molar-refractivity contribution >= 4 is 35.5 Å². The molecule has 4 nitrogen and oxygen atoms in total. The molecule has 1 unspecified atom stereocenters. The lowest BCUT2D eigenvalue weighted by molar-refractivity contribution is 0.201. The van der Waals surface area contributed by atoms with E-state index in [0.29, 0.717) is 6.54 Å². The molecule has 0 aromatic carbocycles. The summed E-state index contributed by atoms with van der Waals surface area (Å²) in [6.45, 7) is 13.7. The van der Waals surface area contributed by atoms with E-state index in [1.807, 2.05) is 25.6 Å². The topological polar surface area (TPSA) is 43.8 Å². The minimum Gasteiger partial charge on any atom is -0.306 e.